The first-order valence-corrected chi connectivity index (χ1v) is 13.4. The molecule has 1 aromatic heterocycles. The number of amides is 1. The molecule has 4 rings (SSSR count). The van der Waals surface area contributed by atoms with Crippen molar-refractivity contribution in [3.8, 4) is 5.75 Å². The fraction of sp³-hybridized carbons (Fsp3) is 0.182. The van der Waals surface area contributed by atoms with Crippen molar-refractivity contribution in [2.75, 3.05) is 26.6 Å². The van der Waals surface area contributed by atoms with Gasteiger partial charge in [0.25, 0.3) is 15.9 Å². The third kappa shape index (κ3) is 4.97. The number of carbonyl (C=O) groups excluding carboxylic acids is 1. The molecule has 1 amide bonds. The molecule has 0 saturated heterocycles. The molecule has 34 heavy (non-hydrogen) atoms. The van der Waals surface area contributed by atoms with Gasteiger partial charge in [-0.25, -0.2) is 21.8 Å². The number of hydrogen-bond donors (Lipinski definition) is 2. The van der Waals surface area contributed by atoms with Gasteiger partial charge in [-0.05, 0) is 55.5 Å². The van der Waals surface area contributed by atoms with Crippen molar-refractivity contribution < 1.29 is 26.4 Å². The van der Waals surface area contributed by atoms with Gasteiger partial charge < -0.3 is 10.1 Å². The fourth-order valence-corrected chi connectivity index (χ4v) is 5.45. The Morgan fingerprint density at radius 3 is 2.41 bits per heavy atom. The van der Waals surface area contributed by atoms with Gasteiger partial charge in [0, 0.05) is 11.9 Å². The van der Waals surface area contributed by atoms with E-state index in [1.54, 1.807) is 36.4 Å². The predicted molar refractivity (Wildman–Crippen MR) is 128 cm³/mol. The molecule has 0 saturated carbocycles. The Kier molecular flexibility index (Phi) is 6.44. The van der Waals surface area contributed by atoms with Crippen LogP contribution in [0.1, 0.15) is 6.92 Å². The van der Waals surface area contributed by atoms with Crippen LogP contribution in [0.5, 0.6) is 5.75 Å². The topological polar surface area (TPSA) is 135 Å². The SMILES string of the molecule is CCS(=O)(=O)N1C[C@@H](C(=O)Nc2ccc(S(=O)(=O)Nc3ccccn3)cc2)Oc2ccccc21. The van der Waals surface area contributed by atoms with Crippen LogP contribution in [0, 0.1) is 0 Å². The fourth-order valence-electron chi connectivity index (χ4n) is 3.32. The van der Waals surface area contributed by atoms with Crippen LogP contribution in [0.15, 0.2) is 77.8 Å². The summed E-state index contributed by atoms with van der Waals surface area (Å²) in [5.74, 6) is -0.222. The average Bonchev–Trinajstić information content (AvgIpc) is 2.84. The number of carbonyl (C=O) groups is 1. The number of anilines is 3. The molecule has 178 valence electrons. The third-order valence-electron chi connectivity index (χ3n) is 5.06. The van der Waals surface area contributed by atoms with Gasteiger partial charge in [0.15, 0.2) is 6.10 Å². The molecule has 2 heterocycles. The second kappa shape index (κ2) is 9.31. The second-order valence-electron chi connectivity index (χ2n) is 7.34. The number of fused-ring (bicyclic) bond motifs is 1. The van der Waals surface area contributed by atoms with Crippen molar-refractivity contribution in [3.05, 3.63) is 72.9 Å². The molecule has 1 atom stereocenters. The zero-order valence-electron chi connectivity index (χ0n) is 18.1. The van der Waals surface area contributed by atoms with Gasteiger partial charge in [-0.1, -0.05) is 18.2 Å². The summed E-state index contributed by atoms with van der Waals surface area (Å²) >= 11 is 0. The zero-order valence-corrected chi connectivity index (χ0v) is 19.7. The van der Waals surface area contributed by atoms with Crippen molar-refractivity contribution in [1.29, 1.82) is 0 Å². The Morgan fingerprint density at radius 1 is 1.03 bits per heavy atom. The zero-order chi connectivity index (χ0) is 24.3. The number of pyridine rings is 1. The van der Waals surface area contributed by atoms with Crippen molar-refractivity contribution in [2.45, 2.75) is 17.9 Å². The minimum Gasteiger partial charge on any atom is -0.476 e. The molecule has 3 aromatic rings. The number of para-hydroxylation sites is 2. The number of nitrogens with zero attached hydrogens (tertiary/aromatic N) is 2. The standard InChI is InChI=1S/C22H22N4O6S2/c1-2-33(28,29)26-15-20(32-19-8-4-3-7-18(19)26)22(27)24-16-10-12-17(13-11-16)34(30,31)25-21-9-5-6-14-23-21/h3-14,20H,2,15H2,1H3,(H,23,25)(H,24,27)/t20-/m0/s1. The Balaban J connectivity index is 1.49. The van der Waals surface area contributed by atoms with Crippen LogP contribution < -0.4 is 19.1 Å². The van der Waals surface area contributed by atoms with Crippen molar-refractivity contribution in [1.82, 2.24) is 4.98 Å². The maximum atomic E-state index is 12.9. The highest BCUT2D eigenvalue weighted by Crippen LogP contribution is 2.35. The summed E-state index contributed by atoms with van der Waals surface area (Å²) in [5, 5.41) is 2.65. The highest BCUT2D eigenvalue weighted by molar-refractivity contribution is 7.93. The number of sulfonamides is 2. The first-order valence-electron chi connectivity index (χ1n) is 10.3. The largest absolute Gasteiger partial charge is 0.476 e. The first kappa shape index (κ1) is 23.5. The van der Waals surface area contributed by atoms with E-state index in [-0.39, 0.29) is 28.8 Å². The molecule has 2 N–H and O–H groups in total. The monoisotopic (exact) mass is 502 g/mol. The van der Waals surface area contributed by atoms with E-state index in [0.29, 0.717) is 11.4 Å². The Hall–Kier alpha value is -3.64. The average molecular weight is 503 g/mol. The summed E-state index contributed by atoms with van der Waals surface area (Å²) in [6.07, 6.45) is 0.375. The van der Waals surface area contributed by atoms with Gasteiger partial charge in [0.1, 0.15) is 11.6 Å². The lowest BCUT2D eigenvalue weighted by atomic mass is 10.2. The Labute approximate surface area is 197 Å². The highest BCUT2D eigenvalue weighted by Gasteiger charge is 2.36. The summed E-state index contributed by atoms with van der Waals surface area (Å²) in [6, 6.07) is 17.0. The lowest BCUT2D eigenvalue weighted by Gasteiger charge is -2.34. The van der Waals surface area contributed by atoms with Crippen molar-refractivity contribution >= 4 is 43.1 Å². The molecule has 0 spiro atoms. The number of ether oxygens (including phenoxy) is 1. The minimum atomic E-state index is -3.86. The van der Waals surface area contributed by atoms with Crippen molar-refractivity contribution in [3.63, 3.8) is 0 Å². The summed E-state index contributed by atoms with van der Waals surface area (Å²) in [5.41, 5.74) is 0.706. The maximum absolute atomic E-state index is 12.9. The predicted octanol–water partition coefficient (Wildman–Crippen LogP) is 2.44. The number of nitrogens with one attached hydrogen (secondary N) is 2. The first-order chi connectivity index (χ1) is 16.2. The molecule has 0 aliphatic carbocycles. The van der Waals surface area contributed by atoms with E-state index in [4.69, 9.17) is 4.74 Å². The highest BCUT2D eigenvalue weighted by atomic mass is 32.2. The van der Waals surface area contributed by atoms with Crippen LogP contribution in [-0.4, -0.2) is 46.1 Å². The molecular weight excluding hydrogens is 480 g/mol. The number of aromatic nitrogens is 1. The molecule has 1 aliphatic rings. The Morgan fingerprint density at radius 2 is 1.74 bits per heavy atom. The van der Waals surface area contributed by atoms with Crippen LogP contribution in [-0.2, 0) is 24.8 Å². The van der Waals surface area contributed by atoms with Crippen LogP contribution in [0.3, 0.4) is 0 Å². The Bertz CT molecular complexity index is 1390. The van der Waals surface area contributed by atoms with Gasteiger partial charge in [-0.15, -0.1) is 0 Å². The smallest absolute Gasteiger partial charge is 0.267 e. The van der Waals surface area contributed by atoms with Gasteiger partial charge >= 0.3 is 0 Å². The number of hydrogen-bond acceptors (Lipinski definition) is 7. The number of benzene rings is 2. The lowest BCUT2D eigenvalue weighted by molar-refractivity contribution is -0.122. The second-order valence-corrected chi connectivity index (χ2v) is 11.2. The normalized spacial score (nSPS) is 15.7. The molecule has 0 radical (unpaired) electrons. The van der Waals surface area contributed by atoms with E-state index in [2.05, 4.69) is 15.0 Å². The van der Waals surface area contributed by atoms with E-state index in [9.17, 15) is 21.6 Å². The molecule has 12 heteroatoms. The van der Waals surface area contributed by atoms with E-state index < -0.39 is 32.1 Å². The van der Waals surface area contributed by atoms with Crippen LogP contribution in [0.25, 0.3) is 0 Å². The third-order valence-corrected chi connectivity index (χ3v) is 8.18. The molecule has 0 bridgehead atoms. The van der Waals surface area contributed by atoms with Crippen LogP contribution >= 0.6 is 0 Å². The molecule has 10 nitrogen and oxygen atoms in total. The maximum Gasteiger partial charge on any atom is 0.267 e. The van der Waals surface area contributed by atoms with E-state index >= 15 is 0 Å². The molecule has 0 fully saturated rings. The molecular formula is C22H22N4O6S2. The summed E-state index contributed by atoms with van der Waals surface area (Å²) < 4.78 is 59.5. The van der Waals surface area contributed by atoms with Gasteiger partial charge in [-0.2, -0.15) is 0 Å². The summed E-state index contributed by atoms with van der Waals surface area (Å²) in [7, 11) is -7.49. The number of rotatable bonds is 7. The summed E-state index contributed by atoms with van der Waals surface area (Å²) in [6.45, 7) is 1.35. The van der Waals surface area contributed by atoms with Crippen molar-refractivity contribution in [2.24, 2.45) is 0 Å². The van der Waals surface area contributed by atoms with Gasteiger partial charge in [0.05, 0.1) is 22.9 Å². The molecule has 2 aromatic carbocycles. The van der Waals surface area contributed by atoms with Gasteiger partial charge in [-0.3, -0.25) is 13.8 Å². The molecule has 0 unspecified atom stereocenters. The molecule has 1 aliphatic heterocycles. The quantitative estimate of drug-likeness (QED) is 0.507. The lowest BCUT2D eigenvalue weighted by Crippen LogP contribution is -2.49. The van der Waals surface area contributed by atoms with Crippen LogP contribution in [0.4, 0.5) is 17.2 Å². The van der Waals surface area contributed by atoms with E-state index in [1.807, 2.05) is 0 Å². The van der Waals surface area contributed by atoms with E-state index in [0.717, 1.165) is 0 Å². The van der Waals surface area contributed by atoms with E-state index in [1.165, 1.54) is 47.8 Å². The summed E-state index contributed by atoms with van der Waals surface area (Å²) in [4.78, 5) is 16.8. The van der Waals surface area contributed by atoms with Crippen LogP contribution in [0.2, 0.25) is 0 Å². The van der Waals surface area contributed by atoms with Gasteiger partial charge in [0.2, 0.25) is 10.0 Å². The minimum absolute atomic E-state index is 0.0146.